The molecule has 4 aromatic carbocycles. The Labute approximate surface area is 281 Å². The van der Waals surface area contributed by atoms with Crippen LogP contribution in [0.1, 0.15) is 60.8 Å². The summed E-state index contributed by atoms with van der Waals surface area (Å²) < 4.78 is 0. The van der Waals surface area contributed by atoms with Crippen LogP contribution in [-0.4, -0.2) is 23.0 Å². The quantitative estimate of drug-likeness (QED) is 0.202. The molecule has 0 nitrogen and oxygen atoms in total. The van der Waals surface area contributed by atoms with E-state index < -0.39 is 0 Å². The van der Waals surface area contributed by atoms with Gasteiger partial charge in [0.15, 0.2) is 0 Å². The summed E-state index contributed by atoms with van der Waals surface area (Å²) >= 11 is 7.83. The number of thioether (sulfide) groups is 4. The molecule has 1 aliphatic rings. The van der Waals surface area contributed by atoms with E-state index in [0.29, 0.717) is 0 Å². The van der Waals surface area contributed by atoms with Gasteiger partial charge >= 0.3 is 0 Å². The Morgan fingerprint density at radius 1 is 0.295 bits per heavy atom. The molecule has 0 N–H and O–H groups in total. The van der Waals surface area contributed by atoms with Crippen molar-refractivity contribution in [2.75, 3.05) is 23.0 Å². The lowest BCUT2D eigenvalue weighted by Crippen LogP contribution is -1.89. The minimum Gasteiger partial charge on any atom is -0.117 e. The van der Waals surface area contributed by atoms with Gasteiger partial charge in [-0.05, 0) is 70.9 Å². The number of rotatable bonds is 4. The number of hydrogen-bond donors (Lipinski definition) is 0. The Kier molecular flexibility index (Phi) is 14.1. The second-order valence-corrected chi connectivity index (χ2v) is 15.0. The first kappa shape index (κ1) is 32.7. The third kappa shape index (κ3) is 10.7. The smallest absolute Gasteiger partial charge is 0.0577 e. The molecule has 44 heavy (non-hydrogen) atoms. The van der Waals surface area contributed by atoms with Gasteiger partial charge in [-0.2, -0.15) is 0 Å². The van der Waals surface area contributed by atoms with Crippen LogP contribution in [0.5, 0.6) is 0 Å². The first-order chi connectivity index (χ1) is 21.9. The minimum absolute atomic E-state index is 1.10. The summed E-state index contributed by atoms with van der Waals surface area (Å²) in [6.45, 7) is 0. The molecule has 1 aliphatic heterocycles. The zero-order chi connectivity index (χ0) is 30.1. The van der Waals surface area contributed by atoms with Crippen LogP contribution >= 0.6 is 47.0 Å². The Bertz CT molecular complexity index is 1320. The maximum Gasteiger partial charge on any atom is 0.0577 e. The predicted octanol–water partition coefficient (Wildman–Crippen LogP) is 12.6. The summed E-state index contributed by atoms with van der Waals surface area (Å²) in [4.78, 5) is 5.02. The van der Waals surface area contributed by atoms with Gasteiger partial charge in [-0.3, -0.25) is 0 Å². The van der Waals surface area contributed by atoms with E-state index in [0.717, 1.165) is 23.0 Å². The Morgan fingerprint density at radius 3 is 0.750 bits per heavy atom. The third-order valence-corrected chi connectivity index (χ3v) is 11.6. The molecule has 0 bridgehead atoms. The maximum atomic E-state index is 3.89. The molecule has 0 saturated heterocycles. The monoisotopic (exact) mass is 648 g/mol. The number of hydrogen-bond acceptors (Lipinski definition) is 4. The Morgan fingerprint density at radius 2 is 0.523 bits per heavy atom. The molecule has 0 spiro atoms. The molecule has 1 heterocycles. The van der Waals surface area contributed by atoms with Gasteiger partial charge in [-0.25, -0.2) is 0 Å². The Balaban J connectivity index is 1.38. The van der Waals surface area contributed by atoms with Crippen LogP contribution in [0.3, 0.4) is 0 Å². The van der Waals surface area contributed by atoms with E-state index in [4.69, 9.17) is 0 Å². The first-order valence-corrected chi connectivity index (χ1v) is 19.6. The van der Waals surface area contributed by atoms with Crippen LogP contribution in [-0.2, 0) is 0 Å². The highest BCUT2D eigenvalue weighted by Crippen LogP contribution is 2.36. The van der Waals surface area contributed by atoms with Crippen molar-refractivity contribution in [1.29, 1.82) is 0 Å². The lowest BCUT2D eigenvalue weighted by molar-refractivity contribution is 0.787. The molecule has 0 unspecified atom stereocenters. The summed E-state index contributed by atoms with van der Waals surface area (Å²) in [6, 6.07) is 43.3. The first-order valence-electron chi connectivity index (χ1n) is 15.6. The van der Waals surface area contributed by atoms with Crippen molar-refractivity contribution in [1.82, 2.24) is 0 Å². The highest BCUT2D eigenvalue weighted by molar-refractivity contribution is 8.09. The lowest BCUT2D eigenvalue weighted by atomic mass is 10.2. The topological polar surface area (TPSA) is 0 Å². The molecule has 0 aromatic heterocycles. The van der Waals surface area contributed by atoms with E-state index >= 15 is 0 Å². The van der Waals surface area contributed by atoms with Crippen molar-refractivity contribution < 1.29 is 0 Å². The fourth-order valence-electron chi connectivity index (χ4n) is 4.79. The maximum absolute atomic E-state index is 3.89. The molecule has 0 saturated carbocycles. The van der Waals surface area contributed by atoms with E-state index in [1.165, 1.54) is 80.4 Å². The summed E-state index contributed by atoms with van der Waals surface area (Å²) in [5, 5.41) is 0. The van der Waals surface area contributed by atoms with Gasteiger partial charge in [0.1, 0.15) is 0 Å². The third-order valence-electron chi connectivity index (χ3n) is 7.16. The minimum atomic E-state index is 1.10. The SMILES string of the molecule is C1=C(c2ccccc2)SCCCCCSC(c2ccccc2)=C=C(c2ccccc2)SCCCCCSC=1c1ccccc1. The van der Waals surface area contributed by atoms with E-state index in [2.05, 4.69) is 133 Å². The van der Waals surface area contributed by atoms with Crippen LogP contribution in [0.25, 0.3) is 19.6 Å². The second-order valence-electron chi connectivity index (χ2n) is 10.5. The van der Waals surface area contributed by atoms with Gasteiger partial charge in [-0.15, -0.1) is 47.0 Å². The molecule has 0 fully saturated rings. The van der Waals surface area contributed by atoms with Gasteiger partial charge in [0.25, 0.3) is 0 Å². The Hall–Kier alpha value is -2.68. The van der Waals surface area contributed by atoms with Crippen LogP contribution in [0.2, 0.25) is 0 Å². The molecular weight excluding hydrogens is 609 g/mol. The van der Waals surface area contributed by atoms with Crippen molar-refractivity contribution in [2.45, 2.75) is 38.5 Å². The van der Waals surface area contributed by atoms with Crippen molar-refractivity contribution in [2.24, 2.45) is 0 Å². The van der Waals surface area contributed by atoms with E-state index in [1.807, 2.05) is 47.0 Å². The van der Waals surface area contributed by atoms with Crippen molar-refractivity contribution in [3.05, 3.63) is 155 Å². The lowest BCUT2D eigenvalue weighted by Gasteiger charge is -2.11. The summed E-state index contributed by atoms with van der Waals surface area (Å²) in [6.07, 6.45) is 7.23. The summed E-state index contributed by atoms with van der Waals surface area (Å²) in [5.41, 5.74) is 12.8. The van der Waals surface area contributed by atoms with E-state index in [1.54, 1.807) is 0 Å². The summed E-state index contributed by atoms with van der Waals surface area (Å²) in [7, 11) is 0. The van der Waals surface area contributed by atoms with Gasteiger partial charge in [0.2, 0.25) is 0 Å². The van der Waals surface area contributed by atoms with Crippen molar-refractivity contribution in [3.8, 4) is 0 Å². The zero-order valence-electron chi connectivity index (χ0n) is 25.3. The molecule has 4 aromatic rings. The summed E-state index contributed by atoms with van der Waals surface area (Å²) in [5.74, 6) is 4.41. The molecular formula is C40H40S4. The fourth-order valence-corrected chi connectivity index (χ4v) is 9.04. The zero-order valence-corrected chi connectivity index (χ0v) is 28.5. The van der Waals surface area contributed by atoms with E-state index in [-0.39, 0.29) is 0 Å². The molecule has 0 amide bonds. The average molecular weight is 649 g/mol. The molecule has 5 rings (SSSR count). The standard InChI is InChI=1S/C40H40S4/c1-7-19-33(20-8-1)37-31-38(34-21-9-2-10-22-34)42-28-17-6-18-30-44-40(36-25-13-4-14-26-36)32-39(35-23-11-3-12-24-35)43-29-16-5-15-27-41-37/h1-4,7-14,19-26H,5-6,15-18,27-30H2. The van der Waals surface area contributed by atoms with Gasteiger partial charge in [0, 0.05) is 0 Å². The van der Waals surface area contributed by atoms with Crippen LogP contribution < -0.4 is 0 Å². The second kappa shape index (κ2) is 19.0. The van der Waals surface area contributed by atoms with Gasteiger partial charge in [-0.1, -0.05) is 146 Å². The van der Waals surface area contributed by atoms with Crippen LogP contribution in [0, 0.1) is 0 Å². The van der Waals surface area contributed by atoms with E-state index in [9.17, 15) is 0 Å². The highest BCUT2D eigenvalue weighted by Gasteiger charge is 2.09. The highest BCUT2D eigenvalue weighted by atomic mass is 32.2. The molecule has 0 aliphatic carbocycles. The van der Waals surface area contributed by atoms with Crippen LogP contribution in [0.4, 0.5) is 0 Å². The van der Waals surface area contributed by atoms with Crippen LogP contribution in [0.15, 0.2) is 133 Å². The molecule has 4 heteroatoms. The molecule has 0 atom stereocenters. The predicted molar refractivity (Wildman–Crippen MR) is 204 cm³/mol. The largest absolute Gasteiger partial charge is 0.117 e. The van der Waals surface area contributed by atoms with Crippen molar-refractivity contribution in [3.63, 3.8) is 0 Å². The fraction of sp³-hybridized carbons (Fsp3) is 0.250. The normalized spacial score (nSPS) is 16.5. The number of benzene rings is 4. The van der Waals surface area contributed by atoms with Crippen molar-refractivity contribution >= 4 is 66.7 Å². The van der Waals surface area contributed by atoms with Gasteiger partial charge < -0.3 is 0 Å². The molecule has 224 valence electrons. The molecule has 0 radical (unpaired) electrons. The van der Waals surface area contributed by atoms with Gasteiger partial charge in [0.05, 0.1) is 19.6 Å². The average Bonchev–Trinajstić information content (AvgIpc) is 3.09.